The third-order valence-electron chi connectivity index (χ3n) is 3.99. The molecule has 1 aromatic carbocycles. The molecular formula is C19H24Cl2N2O5. The molecule has 2 rings (SSSR count). The molecule has 1 saturated heterocycles. The average molecular weight is 431 g/mol. The van der Waals surface area contributed by atoms with Crippen LogP contribution in [-0.2, 0) is 25.6 Å². The second kappa shape index (κ2) is 9.47. The summed E-state index contributed by atoms with van der Waals surface area (Å²) in [6, 6.07) is 4.21. The lowest BCUT2D eigenvalue weighted by atomic mass is 10.2. The lowest BCUT2D eigenvalue weighted by Crippen LogP contribution is -2.44. The smallest absolute Gasteiger partial charge is 0.411 e. The van der Waals surface area contributed by atoms with Gasteiger partial charge >= 0.3 is 12.1 Å². The first kappa shape index (κ1) is 22.3. The van der Waals surface area contributed by atoms with Gasteiger partial charge in [-0.15, -0.1) is 0 Å². The Bertz CT molecular complexity index is 748. The maximum Gasteiger partial charge on any atom is 0.411 e. The van der Waals surface area contributed by atoms with E-state index in [2.05, 4.69) is 5.32 Å². The average Bonchev–Trinajstić information content (AvgIpc) is 3.07. The van der Waals surface area contributed by atoms with Gasteiger partial charge in [-0.1, -0.05) is 29.3 Å². The molecule has 1 aromatic rings. The summed E-state index contributed by atoms with van der Waals surface area (Å²) in [5, 5.41) is 3.56. The van der Waals surface area contributed by atoms with Crippen molar-refractivity contribution in [2.75, 3.05) is 13.2 Å². The maximum absolute atomic E-state index is 12.3. The topological polar surface area (TPSA) is 84.9 Å². The van der Waals surface area contributed by atoms with Crippen molar-refractivity contribution < 1.29 is 23.9 Å². The molecule has 0 aliphatic carbocycles. The van der Waals surface area contributed by atoms with Crippen LogP contribution in [0.4, 0.5) is 4.79 Å². The minimum atomic E-state index is -0.742. The first-order valence-electron chi connectivity index (χ1n) is 8.94. The third-order valence-corrected chi connectivity index (χ3v) is 4.58. The summed E-state index contributed by atoms with van der Waals surface area (Å²) in [6.45, 7) is 5.42. The van der Waals surface area contributed by atoms with E-state index in [1.165, 1.54) is 4.90 Å². The van der Waals surface area contributed by atoms with Crippen molar-refractivity contribution >= 4 is 41.2 Å². The van der Waals surface area contributed by atoms with Crippen molar-refractivity contribution in [2.45, 2.75) is 51.8 Å². The largest absolute Gasteiger partial charge is 0.454 e. The fraction of sp³-hybridized carbons (Fsp3) is 0.526. The number of carbonyl (C=O) groups excluding carboxylic acids is 3. The van der Waals surface area contributed by atoms with E-state index in [1.807, 2.05) is 0 Å². The molecule has 1 aliphatic heterocycles. The Balaban J connectivity index is 1.81. The van der Waals surface area contributed by atoms with Crippen LogP contribution in [0.2, 0.25) is 10.0 Å². The molecule has 1 N–H and O–H groups in total. The Hall–Kier alpha value is -1.99. The van der Waals surface area contributed by atoms with E-state index >= 15 is 0 Å². The molecular weight excluding hydrogens is 407 g/mol. The van der Waals surface area contributed by atoms with Gasteiger partial charge in [0, 0.05) is 23.1 Å². The minimum Gasteiger partial charge on any atom is -0.454 e. The highest BCUT2D eigenvalue weighted by molar-refractivity contribution is 6.35. The molecule has 1 fully saturated rings. The van der Waals surface area contributed by atoms with Crippen LogP contribution in [-0.4, -0.2) is 47.7 Å². The highest BCUT2D eigenvalue weighted by Crippen LogP contribution is 2.22. The molecule has 1 atom stereocenters. The predicted octanol–water partition coefficient (Wildman–Crippen LogP) is 3.55. The highest BCUT2D eigenvalue weighted by atomic mass is 35.5. The van der Waals surface area contributed by atoms with Crippen molar-refractivity contribution in [1.29, 1.82) is 0 Å². The van der Waals surface area contributed by atoms with Gasteiger partial charge in [-0.25, -0.2) is 9.59 Å². The summed E-state index contributed by atoms with van der Waals surface area (Å²) in [5.74, 6) is -1.09. The number of nitrogens with one attached hydrogen (secondary N) is 1. The number of amides is 2. The van der Waals surface area contributed by atoms with Crippen LogP contribution in [0.15, 0.2) is 18.2 Å². The zero-order valence-corrected chi connectivity index (χ0v) is 17.6. The number of nitrogens with zero attached hydrogens (tertiary/aromatic N) is 1. The van der Waals surface area contributed by atoms with Gasteiger partial charge < -0.3 is 14.8 Å². The second-order valence-corrected chi connectivity index (χ2v) is 8.30. The maximum atomic E-state index is 12.3. The predicted molar refractivity (Wildman–Crippen MR) is 105 cm³/mol. The molecule has 0 unspecified atom stereocenters. The summed E-state index contributed by atoms with van der Waals surface area (Å²) in [4.78, 5) is 37.8. The van der Waals surface area contributed by atoms with Gasteiger partial charge in [0.2, 0.25) is 0 Å². The van der Waals surface area contributed by atoms with Gasteiger partial charge in [0.15, 0.2) is 6.61 Å². The third kappa shape index (κ3) is 6.56. The van der Waals surface area contributed by atoms with Gasteiger partial charge in [0.05, 0.1) is 0 Å². The summed E-state index contributed by atoms with van der Waals surface area (Å²) in [7, 11) is 0. The summed E-state index contributed by atoms with van der Waals surface area (Å²) in [5.41, 5.74) is 0.0365. The molecule has 1 heterocycles. The van der Waals surface area contributed by atoms with Gasteiger partial charge in [-0.2, -0.15) is 0 Å². The van der Waals surface area contributed by atoms with Gasteiger partial charge in [0.25, 0.3) is 5.91 Å². The van der Waals surface area contributed by atoms with E-state index in [9.17, 15) is 14.4 Å². The number of hydrogen-bond acceptors (Lipinski definition) is 5. The van der Waals surface area contributed by atoms with Crippen LogP contribution in [0.25, 0.3) is 0 Å². The molecule has 0 spiro atoms. The quantitative estimate of drug-likeness (QED) is 0.721. The van der Waals surface area contributed by atoms with Crippen molar-refractivity contribution in [3.63, 3.8) is 0 Å². The zero-order valence-electron chi connectivity index (χ0n) is 16.1. The van der Waals surface area contributed by atoms with E-state index in [-0.39, 0.29) is 6.54 Å². The van der Waals surface area contributed by atoms with E-state index in [4.69, 9.17) is 32.7 Å². The number of halogens is 2. The lowest BCUT2D eigenvalue weighted by Gasteiger charge is -2.27. The molecule has 0 saturated carbocycles. The highest BCUT2D eigenvalue weighted by Gasteiger charge is 2.37. The number of carbonyl (C=O) groups is 3. The molecule has 1 aliphatic rings. The van der Waals surface area contributed by atoms with E-state index in [0.29, 0.717) is 35.0 Å². The van der Waals surface area contributed by atoms with Crippen molar-refractivity contribution in [3.05, 3.63) is 33.8 Å². The molecule has 28 heavy (non-hydrogen) atoms. The molecule has 0 aromatic heterocycles. The Kier molecular flexibility index (Phi) is 7.55. The Morgan fingerprint density at radius 3 is 2.61 bits per heavy atom. The van der Waals surface area contributed by atoms with Gasteiger partial charge in [-0.05, 0) is 51.3 Å². The zero-order chi connectivity index (χ0) is 20.9. The summed E-state index contributed by atoms with van der Waals surface area (Å²) in [6.07, 6.45) is 0.578. The number of benzene rings is 1. The molecule has 2 amide bonds. The molecule has 154 valence electrons. The molecule has 0 bridgehead atoms. The standard InChI is InChI=1S/C19H24Cl2N2O5/c1-19(2,3)28-18(26)23-8-4-5-15(23)17(25)27-11-16(24)22-10-12-6-7-13(20)9-14(12)21/h6-7,9,15H,4-5,8,10-11H2,1-3H3,(H,22,24)/t15-/m0/s1. The van der Waals surface area contributed by atoms with Crippen LogP contribution in [0.1, 0.15) is 39.2 Å². The van der Waals surface area contributed by atoms with Crippen LogP contribution in [0, 0.1) is 0 Å². The number of hydrogen-bond donors (Lipinski definition) is 1. The Morgan fingerprint density at radius 1 is 1.25 bits per heavy atom. The summed E-state index contributed by atoms with van der Waals surface area (Å²) >= 11 is 11.9. The lowest BCUT2D eigenvalue weighted by molar-refractivity contribution is -0.152. The molecule has 0 radical (unpaired) electrons. The van der Waals surface area contributed by atoms with Gasteiger partial charge in [0.1, 0.15) is 11.6 Å². The SMILES string of the molecule is CC(C)(C)OC(=O)N1CCC[C@H]1C(=O)OCC(=O)NCc1ccc(Cl)cc1Cl. The Labute approximate surface area is 174 Å². The van der Waals surface area contributed by atoms with Crippen molar-refractivity contribution in [1.82, 2.24) is 10.2 Å². The van der Waals surface area contributed by atoms with Crippen molar-refractivity contribution in [3.8, 4) is 0 Å². The van der Waals surface area contributed by atoms with Crippen LogP contribution >= 0.6 is 23.2 Å². The van der Waals surface area contributed by atoms with E-state index in [1.54, 1.807) is 39.0 Å². The minimum absolute atomic E-state index is 0.180. The van der Waals surface area contributed by atoms with Crippen LogP contribution in [0.5, 0.6) is 0 Å². The molecule has 9 heteroatoms. The first-order valence-corrected chi connectivity index (χ1v) is 9.69. The number of likely N-dealkylation sites (tertiary alicyclic amines) is 1. The first-order chi connectivity index (χ1) is 13.1. The van der Waals surface area contributed by atoms with Crippen molar-refractivity contribution in [2.24, 2.45) is 0 Å². The number of ether oxygens (including phenoxy) is 2. The Morgan fingerprint density at radius 2 is 1.96 bits per heavy atom. The monoisotopic (exact) mass is 430 g/mol. The van der Waals surface area contributed by atoms with Gasteiger partial charge in [-0.3, -0.25) is 9.69 Å². The number of esters is 1. The number of rotatable bonds is 5. The summed E-state index contributed by atoms with van der Waals surface area (Å²) < 4.78 is 10.4. The molecule has 7 nitrogen and oxygen atoms in total. The van der Waals surface area contributed by atoms with Crippen LogP contribution in [0.3, 0.4) is 0 Å². The van der Waals surface area contributed by atoms with Crippen LogP contribution < -0.4 is 5.32 Å². The van der Waals surface area contributed by atoms with E-state index < -0.39 is 36.2 Å². The second-order valence-electron chi connectivity index (χ2n) is 7.45. The fourth-order valence-corrected chi connectivity index (χ4v) is 3.17. The normalized spacial score (nSPS) is 16.6. The van der Waals surface area contributed by atoms with E-state index in [0.717, 1.165) is 0 Å². The fourth-order valence-electron chi connectivity index (χ4n) is 2.69.